The molecule has 0 bridgehead atoms. The number of benzene rings is 2. The molecule has 6 heterocycles. The number of nitrogens with zero attached hydrogens (tertiary/aromatic N) is 15. The number of hydrogen-bond donors (Lipinski definition) is 1. The van der Waals surface area contributed by atoms with E-state index in [4.69, 9.17) is 25.9 Å². The molecule has 4 aliphatic carbocycles. The third kappa shape index (κ3) is 16.3. The van der Waals surface area contributed by atoms with Crippen molar-refractivity contribution in [2.75, 3.05) is 59.4 Å². The first kappa shape index (κ1) is 71.0. The lowest BCUT2D eigenvalue weighted by molar-refractivity contribution is -0.144. The van der Waals surface area contributed by atoms with Crippen LogP contribution in [-0.4, -0.2) is 106 Å². The smallest absolute Gasteiger partial charge is 0.366 e. The van der Waals surface area contributed by atoms with Crippen molar-refractivity contribution in [1.82, 2.24) is 54.4 Å². The molecule has 4 aliphatic rings. The third-order valence-corrected chi connectivity index (χ3v) is 18.7. The molecule has 30 heteroatoms. The molecule has 2 N–H and O–H groups in total. The molecule has 4 fully saturated rings. The second-order valence-corrected chi connectivity index (χ2v) is 29.6. The fourth-order valence-corrected chi connectivity index (χ4v) is 12.8. The Labute approximate surface area is 569 Å². The van der Waals surface area contributed by atoms with Gasteiger partial charge in [-0.25, -0.2) is 39.3 Å². The Morgan fingerprint density at radius 1 is 0.470 bits per heavy atom. The van der Waals surface area contributed by atoms with Gasteiger partial charge in [-0.05, 0) is 190 Å². The Morgan fingerprint density at radius 2 is 0.810 bits per heavy atom. The molecule has 100 heavy (non-hydrogen) atoms. The van der Waals surface area contributed by atoms with E-state index in [2.05, 4.69) is 29.7 Å². The number of carbonyl (C=O) groups is 2. The van der Waals surface area contributed by atoms with E-state index < -0.39 is 82.9 Å². The number of anilines is 4. The van der Waals surface area contributed by atoms with Crippen molar-refractivity contribution in [1.29, 1.82) is 0 Å². The van der Waals surface area contributed by atoms with E-state index in [1.165, 1.54) is 27.1 Å². The van der Waals surface area contributed by atoms with Crippen molar-refractivity contribution >= 4 is 57.4 Å². The number of halogens is 12. The monoisotopic (exact) mass is 1400 g/mol. The lowest BCUT2D eigenvalue weighted by atomic mass is 10.0. The van der Waals surface area contributed by atoms with Gasteiger partial charge in [-0.15, -0.1) is 0 Å². The molecule has 0 radical (unpaired) electrons. The average molecular weight is 1400 g/mol. The molecule has 8 aromatic rings. The SMILES string of the molecule is Cc1nn(C(C)(C)C)c2nc(N(CC3CC3)CC3CC3)c(CN(Cc3cc(C(F)(F)F)cc(C(F)(F)F)c3)c3ncc(C(=O)N(C)CC4CC4CN(CC4CC4)c4nc5c(cc4CN(Cc4cc(C(F)(F)F)cc(C(F)(F)F)c4)c4ncc(C(N)=O)cn4)c(C)nn5C(C)(C)C)cn3)cc12. The van der Waals surface area contributed by atoms with Gasteiger partial charge in [0.15, 0.2) is 11.3 Å². The summed E-state index contributed by atoms with van der Waals surface area (Å²) >= 11 is 0. The van der Waals surface area contributed by atoms with Crippen LogP contribution in [0.3, 0.4) is 0 Å². The highest BCUT2D eigenvalue weighted by Crippen LogP contribution is 2.45. The first-order chi connectivity index (χ1) is 46.7. The molecular weight excluding hydrogens is 1320 g/mol. The average Bonchev–Trinajstić information content (AvgIpc) is 1.59. The van der Waals surface area contributed by atoms with Gasteiger partial charge in [-0.2, -0.15) is 62.9 Å². The molecule has 2 unspecified atom stereocenters. The molecule has 2 amide bonds. The zero-order chi connectivity index (χ0) is 72.1. The molecule has 0 saturated heterocycles. The quantitative estimate of drug-likeness (QED) is 0.0562. The van der Waals surface area contributed by atoms with Crippen LogP contribution in [0.4, 0.5) is 76.2 Å². The molecule has 6 aromatic heterocycles. The highest BCUT2D eigenvalue weighted by molar-refractivity contribution is 5.94. The Kier molecular flexibility index (Phi) is 18.6. The van der Waals surface area contributed by atoms with Crippen LogP contribution in [0.5, 0.6) is 0 Å². The van der Waals surface area contributed by atoms with Gasteiger partial charge in [0, 0.05) is 113 Å². The highest BCUT2D eigenvalue weighted by atomic mass is 19.4. The summed E-state index contributed by atoms with van der Waals surface area (Å²) in [6, 6.07) is 6.57. The minimum absolute atomic E-state index is 0.0316. The maximum absolute atomic E-state index is 14.5. The van der Waals surface area contributed by atoms with E-state index in [1.807, 2.05) is 65.3 Å². The minimum atomic E-state index is -5.14. The number of carbonyl (C=O) groups excluding carboxylic acids is 2. The lowest BCUT2D eigenvalue weighted by Crippen LogP contribution is -2.34. The summed E-state index contributed by atoms with van der Waals surface area (Å²) in [5.41, 5.74) is 1.26. The Hall–Kier alpha value is -8.86. The van der Waals surface area contributed by atoms with Crippen LogP contribution in [0.2, 0.25) is 0 Å². The number of nitrogens with two attached hydrogens (primary N) is 1. The predicted molar refractivity (Wildman–Crippen MR) is 351 cm³/mol. The van der Waals surface area contributed by atoms with Crippen molar-refractivity contribution in [2.24, 2.45) is 35.3 Å². The molecule has 4 saturated carbocycles. The summed E-state index contributed by atoms with van der Waals surface area (Å²) in [6.07, 6.45) is -9.16. The lowest BCUT2D eigenvalue weighted by Gasteiger charge is -2.30. The molecule has 0 aliphatic heterocycles. The van der Waals surface area contributed by atoms with Gasteiger partial charge >= 0.3 is 24.7 Å². The third-order valence-electron chi connectivity index (χ3n) is 18.7. The van der Waals surface area contributed by atoms with Gasteiger partial charge in [-0.3, -0.25) is 9.59 Å². The number of aryl methyl sites for hydroxylation is 2. The van der Waals surface area contributed by atoms with Gasteiger partial charge < -0.3 is 30.2 Å². The van der Waals surface area contributed by atoms with Crippen molar-refractivity contribution in [2.45, 2.75) is 162 Å². The Bertz CT molecular complexity index is 4290. The Balaban J connectivity index is 0.844. The van der Waals surface area contributed by atoms with Crippen LogP contribution >= 0.6 is 0 Å². The molecular formula is C70H78F12N16O2. The standard InChI is InChI=1S/C70H78F12N16O2/c1-38-55-21-47(58(88-60(55)97(90-38)65(3,4)5)93(29-40-10-11-40)30-41-12-13-41)36-96(33-44-18-53(69(77,78)79)24-54(19-44)70(80,81)82)64-86-27-50(28-87-64)62(100)92(9)34-45-20-46(45)35-94(31-42-14-15-42)59-48(22-56-39(2)91-98(61(56)89-59)66(6,7)8)37-95(63-84-25-49(26-85-63)57(83)99)32-43-16-51(67(71,72)73)23-52(17-43)68(74,75)76/h16-19,21-28,40-42,45-46H,10-15,20,29-37H2,1-9H3,(H2,83,99). The number of pyridine rings is 2. The number of hydrogen-bond acceptors (Lipinski definition) is 14. The van der Waals surface area contributed by atoms with Crippen molar-refractivity contribution < 1.29 is 62.3 Å². The number of aromatic nitrogens is 10. The maximum Gasteiger partial charge on any atom is 0.416 e. The second kappa shape index (κ2) is 26.3. The molecule has 2 aromatic carbocycles. The zero-order valence-electron chi connectivity index (χ0n) is 56.8. The van der Waals surface area contributed by atoms with Crippen LogP contribution in [0.15, 0.2) is 73.3 Å². The Morgan fingerprint density at radius 3 is 1.14 bits per heavy atom. The summed E-state index contributed by atoms with van der Waals surface area (Å²) in [5.74, 6) is 0.479. The number of rotatable bonds is 24. The summed E-state index contributed by atoms with van der Waals surface area (Å²) in [4.78, 5) is 64.0. The first-order valence-electron chi connectivity index (χ1n) is 33.3. The normalized spacial score (nSPS) is 16.9. The van der Waals surface area contributed by atoms with Gasteiger partial charge in [-0.1, -0.05) is 0 Å². The number of amides is 2. The molecule has 12 rings (SSSR count). The van der Waals surface area contributed by atoms with E-state index in [0.717, 1.165) is 50.9 Å². The van der Waals surface area contributed by atoms with Gasteiger partial charge in [0.1, 0.15) is 11.6 Å². The van der Waals surface area contributed by atoms with Crippen LogP contribution in [0.1, 0.15) is 163 Å². The number of primary amides is 1. The summed E-state index contributed by atoms with van der Waals surface area (Å²) in [7, 11) is 1.62. The first-order valence-corrected chi connectivity index (χ1v) is 33.3. The number of alkyl halides is 12. The van der Waals surface area contributed by atoms with Crippen LogP contribution in [0.25, 0.3) is 22.1 Å². The molecule has 18 nitrogen and oxygen atoms in total. The van der Waals surface area contributed by atoms with E-state index in [-0.39, 0.29) is 83.7 Å². The fourth-order valence-electron chi connectivity index (χ4n) is 12.8. The predicted octanol–water partition coefficient (Wildman–Crippen LogP) is 14.7. The van der Waals surface area contributed by atoms with E-state index >= 15 is 0 Å². The highest BCUT2D eigenvalue weighted by Gasteiger charge is 2.44. The molecule has 0 spiro atoms. The summed E-state index contributed by atoms with van der Waals surface area (Å²) in [6.45, 7) is 16.7. The van der Waals surface area contributed by atoms with E-state index in [0.29, 0.717) is 125 Å². The van der Waals surface area contributed by atoms with Crippen molar-refractivity contribution in [3.63, 3.8) is 0 Å². The van der Waals surface area contributed by atoms with Crippen molar-refractivity contribution in [3.05, 3.63) is 140 Å². The molecule has 534 valence electrons. The van der Waals surface area contributed by atoms with Crippen LogP contribution in [0, 0.1) is 43.4 Å². The van der Waals surface area contributed by atoms with Crippen LogP contribution in [-0.2, 0) is 62.0 Å². The summed E-state index contributed by atoms with van der Waals surface area (Å²) in [5, 5.41) is 11.1. The van der Waals surface area contributed by atoms with Gasteiger partial charge in [0.2, 0.25) is 11.9 Å². The largest absolute Gasteiger partial charge is 0.416 e. The fraction of sp³-hybridized carbons (Fsp3) is 0.514. The minimum Gasteiger partial charge on any atom is -0.366 e. The van der Waals surface area contributed by atoms with Crippen LogP contribution < -0.4 is 25.3 Å². The van der Waals surface area contributed by atoms with E-state index in [9.17, 15) is 62.3 Å². The zero-order valence-corrected chi connectivity index (χ0v) is 56.8. The van der Waals surface area contributed by atoms with E-state index in [1.54, 1.807) is 18.7 Å². The maximum atomic E-state index is 14.5. The van der Waals surface area contributed by atoms with Gasteiger partial charge in [0.25, 0.3) is 11.8 Å². The summed E-state index contributed by atoms with van der Waals surface area (Å²) < 4.78 is 176. The molecule has 2 atom stereocenters. The second-order valence-electron chi connectivity index (χ2n) is 29.6. The van der Waals surface area contributed by atoms with Crippen molar-refractivity contribution in [3.8, 4) is 0 Å². The topological polar surface area (TPSA) is 189 Å². The number of fused-ring (bicyclic) bond motifs is 2. The van der Waals surface area contributed by atoms with Gasteiger partial charge in [0.05, 0.1) is 55.8 Å².